The molecule has 1 aliphatic heterocycles. The lowest BCUT2D eigenvalue weighted by molar-refractivity contribution is -0.138. The van der Waals surface area contributed by atoms with Crippen LogP contribution in [0.3, 0.4) is 0 Å². The summed E-state index contributed by atoms with van der Waals surface area (Å²) in [6.07, 6.45) is 0. The van der Waals surface area contributed by atoms with Crippen molar-refractivity contribution in [3.05, 3.63) is 53.3 Å². The van der Waals surface area contributed by atoms with E-state index in [0.29, 0.717) is 31.9 Å². The SMILES string of the molecule is Cc1ccc(C)n1-c1ccc(C(=O)OCC(=O)N2CCOCC2)cc1. The molecule has 2 heterocycles. The molecule has 0 unspecified atom stereocenters. The zero-order valence-electron chi connectivity index (χ0n) is 14.5. The van der Waals surface area contributed by atoms with Gasteiger partial charge in [0, 0.05) is 30.2 Å². The molecule has 3 rings (SSSR count). The Bertz CT molecular complexity index is 739. The molecule has 1 amide bonds. The van der Waals surface area contributed by atoms with E-state index in [1.54, 1.807) is 17.0 Å². The van der Waals surface area contributed by atoms with Crippen LogP contribution in [0.25, 0.3) is 5.69 Å². The number of hydrogen-bond donors (Lipinski definition) is 0. The summed E-state index contributed by atoms with van der Waals surface area (Å²) in [6, 6.07) is 11.3. The number of benzene rings is 1. The topological polar surface area (TPSA) is 60.8 Å². The third kappa shape index (κ3) is 3.91. The van der Waals surface area contributed by atoms with Gasteiger partial charge in [0.2, 0.25) is 0 Å². The van der Waals surface area contributed by atoms with Gasteiger partial charge in [-0.3, -0.25) is 4.79 Å². The summed E-state index contributed by atoms with van der Waals surface area (Å²) < 4.78 is 12.5. The summed E-state index contributed by atoms with van der Waals surface area (Å²) >= 11 is 0. The van der Waals surface area contributed by atoms with E-state index in [1.807, 2.05) is 26.0 Å². The molecule has 1 aromatic carbocycles. The van der Waals surface area contributed by atoms with E-state index in [-0.39, 0.29) is 12.5 Å². The second-order valence-corrected chi connectivity index (χ2v) is 6.07. The van der Waals surface area contributed by atoms with Crippen molar-refractivity contribution in [1.29, 1.82) is 0 Å². The minimum atomic E-state index is -0.492. The van der Waals surface area contributed by atoms with Gasteiger partial charge in [-0.2, -0.15) is 0 Å². The normalized spacial score (nSPS) is 14.4. The molecule has 0 spiro atoms. The lowest BCUT2D eigenvalue weighted by Crippen LogP contribution is -2.42. The first kappa shape index (κ1) is 17.2. The minimum Gasteiger partial charge on any atom is -0.452 e. The van der Waals surface area contributed by atoms with Gasteiger partial charge in [0.1, 0.15) is 0 Å². The maximum Gasteiger partial charge on any atom is 0.338 e. The predicted octanol–water partition coefficient (Wildman–Crippen LogP) is 2.11. The molecular formula is C19H22N2O4. The summed E-state index contributed by atoms with van der Waals surface area (Å²) in [4.78, 5) is 25.8. The zero-order valence-corrected chi connectivity index (χ0v) is 14.5. The maximum absolute atomic E-state index is 12.1. The fraction of sp³-hybridized carbons (Fsp3) is 0.368. The maximum atomic E-state index is 12.1. The smallest absolute Gasteiger partial charge is 0.338 e. The standard InChI is InChI=1S/C19H22N2O4/c1-14-3-4-15(2)21(14)17-7-5-16(6-8-17)19(23)25-13-18(22)20-9-11-24-12-10-20/h3-8H,9-13H2,1-2H3. The first-order valence-electron chi connectivity index (χ1n) is 8.34. The highest BCUT2D eigenvalue weighted by Gasteiger charge is 2.18. The van der Waals surface area contributed by atoms with Gasteiger partial charge >= 0.3 is 5.97 Å². The van der Waals surface area contributed by atoms with Gasteiger partial charge in [0.25, 0.3) is 5.91 Å². The first-order valence-corrected chi connectivity index (χ1v) is 8.34. The Balaban J connectivity index is 1.60. The fourth-order valence-corrected chi connectivity index (χ4v) is 2.94. The molecule has 25 heavy (non-hydrogen) atoms. The van der Waals surface area contributed by atoms with E-state index in [0.717, 1.165) is 17.1 Å². The Morgan fingerprint density at radius 1 is 1.00 bits per heavy atom. The van der Waals surface area contributed by atoms with Gasteiger partial charge < -0.3 is 18.9 Å². The highest BCUT2D eigenvalue weighted by Crippen LogP contribution is 2.17. The number of nitrogens with zero attached hydrogens (tertiary/aromatic N) is 2. The van der Waals surface area contributed by atoms with E-state index in [1.165, 1.54) is 0 Å². The number of morpholine rings is 1. The van der Waals surface area contributed by atoms with E-state index >= 15 is 0 Å². The number of ether oxygens (including phenoxy) is 2. The van der Waals surface area contributed by atoms with Crippen molar-refractivity contribution in [2.75, 3.05) is 32.9 Å². The number of carbonyl (C=O) groups is 2. The molecule has 132 valence electrons. The Morgan fingerprint density at radius 3 is 2.20 bits per heavy atom. The van der Waals surface area contributed by atoms with Crippen molar-refractivity contribution < 1.29 is 19.1 Å². The molecule has 1 aromatic heterocycles. The number of hydrogen-bond acceptors (Lipinski definition) is 4. The summed E-state index contributed by atoms with van der Waals surface area (Å²) in [5, 5.41) is 0. The molecule has 1 aliphatic rings. The van der Waals surface area contributed by atoms with Crippen LogP contribution in [0.1, 0.15) is 21.7 Å². The van der Waals surface area contributed by atoms with Crippen LogP contribution < -0.4 is 0 Å². The van der Waals surface area contributed by atoms with Gasteiger partial charge in [-0.05, 0) is 50.2 Å². The van der Waals surface area contributed by atoms with Gasteiger partial charge in [-0.1, -0.05) is 0 Å². The Labute approximate surface area is 146 Å². The zero-order chi connectivity index (χ0) is 17.8. The molecule has 1 saturated heterocycles. The van der Waals surface area contributed by atoms with Gasteiger partial charge in [0.05, 0.1) is 18.8 Å². The second-order valence-electron chi connectivity index (χ2n) is 6.07. The lowest BCUT2D eigenvalue weighted by Gasteiger charge is -2.26. The third-order valence-electron chi connectivity index (χ3n) is 4.32. The van der Waals surface area contributed by atoms with E-state index in [4.69, 9.17) is 9.47 Å². The van der Waals surface area contributed by atoms with Crippen molar-refractivity contribution in [1.82, 2.24) is 9.47 Å². The largest absolute Gasteiger partial charge is 0.452 e. The van der Waals surface area contributed by atoms with Crippen LogP contribution in [-0.4, -0.2) is 54.3 Å². The number of rotatable bonds is 4. The molecule has 6 nitrogen and oxygen atoms in total. The minimum absolute atomic E-state index is 0.188. The predicted molar refractivity (Wildman–Crippen MR) is 92.9 cm³/mol. The Hall–Kier alpha value is -2.60. The number of esters is 1. The van der Waals surface area contributed by atoms with Crippen molar-refractivity contribution >= 4 is 11.9 Å². The fourth-order valence-electron chi connectivity index (χ4n) is 2.94. The number of aromatic nitrogens is 1. The van der Waals surface area contributed by atoms with E-state index in [2.05, 4.69) is 16.7 Å². The van der Waals surface area contributed by atoms with E-state index < -0.39 is 5.97 Å². The summed E-state index contributed by atoms with van der Waals surface area (Å²) in [5.41, 5.74) is 3.68. The van der Waals surface area contributed by atoms with E-state index in [9.17, 15) is 9.59 Å². The third-order valence-corrected chi connectivity index (χ3v) is 4.32. The molecule has 0 bridgehead atoms. The molecule has 0 radical (unpaired) electrons. The highest BCUT2D eigenvalue weighted by molar-refractivity contribution is 5.91. The molecule has 0 N–H and O–H groups in total. The van der Waals surface area contributed by atoms with Crippen LogP contribution in [-0.2, 0) is 14.3 Å². The van der Waals surface area contributed by atoms with Crippen LogP contribution in [0.2, 0.25) is 0 Å². The van der Waals surface area contributed by atoms with Crippen LogP contribution in [0.4, 0.5) is 0 Å². The summed E-state index contributed by atoms with van der Waals surface area (Å²) in [7, 11) is 0. The molecule has 0 atom stereocenters. The van der Waals surface area contributed by atoms with Gasteiger partial charge in [0.15, 0.2) is 6.61 Å². The molecular weight excluding hydrogens is 320 g/mol. The average Bonchev–Trinajstić information content (AvgIpc) is 2.98. The van der Waals surface area contributed by atoms with Crippen molar-refractivity contribution in [2.45, 2.75) is 13.8 Å². The average molecular weight is 342 g/mol. The van der Waals surface area contributed by atoms with Crippen LogP contribution >= 0.6 is 0 Å². The Morgan fingerprint density at radius 2 is 1.60 bits per heavy atom. The lowest BCUT2D eigenvalue weighted by atomic mass is 10.2. The molecule has 0 aliphatic carbocycles. The van der Waals surface area contributed by atoms with Gasteiger partial charge in [-0.15, -0.1) is 0 Å². The van der Waals surface area contributed by atoms with Crippen molar-refractivity contribution in [3.8, 4) is 5.69 Å². The number of aryl methyl sites for hydroxylation is 2. The molecule has 0 saturated carbocycles. The molecule has 6 heteroatoms. The van der Waals surface area contributed by atoms with Crippen molar-refractivity contribution in [2.24, 2.45) is 0 Å². The number of amides is 1. The van der Waals surface area contributed by atoms with Crippen LogP contribution in [0.15, 0.2) is 36.4 Å². The molecule has 2 aromatic rings. The number of carbonyl (C=O) groups excluding carboxylic acids is 2. The van der Waals surface area contributed by atoms with Gasteiger partial charge in [-0.25, -0.2) is 4.79 Å². The van der Waals surface area contributed by atoms with Crippen molar-refractivity contribution in [3.63, 3.8) is 0 Å². The highest BCUT2D eigenvalue weighted by atomic mass is 16.5. The monoisotopic (exact) mass is 342 g/mol. The molecule has 1 fully saturated rings. The summed E-state index contributed by atoms with van der Waals surface area (Å²) in [6.45, 7) is 5.97. The van der Waals surface area contributed by atoms with Crippen LogP contribution in [0.5, 0.6) is 0 Å². The quantitative estimate of drug-likeness (QED) is 0.799. The summed E-state index contributed by atoms with van der Waals surface area (Å²) in [5.74, 6) is -0.680. The Kier molecular flexibility index (Phi) is 5.19. The van der Waals surface area contributed by atoms with Crippen LogP contribution in [0, 0.1) is 13.8 Å². The second kappa shape index (κ2) is 7.53. The first-order chi connectivity index (χ1) is 12.1.